The van der Waals surface area contributed by atoms with Crippen molar-refractivity contribution in [2.24, 2.45) is 5.11 Å². The minimum atomic E-state index is 0.155. The van der Waals surface area contributed by atoms with Crippen LogP contribution in [0.15, 0.2) is 41.3 Å². The molecular formula is C11H13N3O. The van der Waals surface area contributed by atoms with Crippen LogP contribution in [0.1, 0.15) is 12.0 Å². The van der Waals surface area contributed by atoms with Crippen LogP contribution in [0.25, 0.3) is 0 Å². The average molecular weight is 203 g/mol. The Labute approximate surface area is 88.5 Å². The highest BCUT2D eigenvalue weighted by Crippen LogP contribution is 2.10. The number of carbonyl (C=O) groups is 1. The van der Waals surface area contributed by atoms with Crippen LogP contribution in [-0.2, 0) is 4.79 Å². The first-order valence-corrected chi connectivity index (χ1v) is 4.59. The maximum Gasteiger partial charge on any atom is 0.126 e. The van der Waals surface area contributed by atoms with Gasteiger partial charge in [0.15, 0.2) is 0 Å². The van der Waals surface area contributed by atoms with Crippen LogP contribution in [0, 0.1) is 12.5 Å². The van der Waals surface area contributed by atoms with E-state index in [-0.39, 0.29) is 6.42 Å². The van der Waals surface area contributed by atoms with E-state index < -0.39 is 0 Å². The predicted molar refractivity (Wildman–Crippen MR) is 58.7 cm³/mol. The second-order valence-corrected chi connectivity index (χ2v) is 3.13. The molecule has 1 aromatic rings. The van der Waals surface area contributed by atoms with Gasteiger partial charge in [-0.3, -0.25) is 0 Å². The Morgan fingerprint density at radius 3 is 3.00 bits per heavy atom. The van der Waals surface area contributed by atoms with Crippen LogP contribution in [0.2, 0.25) is 0 Å². The van der Waals surface area contributed by atoms with E-state index in [2.05, 4.69) is 10.4 Å². The molecule has 0 saturated heterocycles. The van der Waals surface area contributed by atoms with Gasteiger partial charge in [-0.2, -0.15) is 5.11 Å². The summed E-state index contributed by atoms with van der Waals surface area (Å²) in [7, 11) is 0. The molecule has 4 nitrogen and oxygen atoms in total. The van der Waals surface area contributed by atoms with Gasteiger partial charge in [-0.1, -0.05) is 12.1 Å². The van der Waals surface area contributed by atoms with Crippen molar-refractivity contribution < 1.29 is 4.79 Å². The lowest BCUT2D eigenvalue weighted by Gasteiger charge is -2.02. The van der Waals surface area contributed by atoms with Gasteiger partial charge < -0.3 is 10.1 Å². The summed E-state index contributed by atoms with van der Waals surface area (Å²) in [6.45, 7) is 2.00. The molecule has 0 atom stereocenters. The topological polar surface area (TPSA) is 65.3 Å². The lowest BCUT2D eigenvalue weighted by atomic mass is 10.2. The molecule has 0 saturated carbocycles. The van der Waals surface area contributed by atoms with Crippen molar-refractivity contribution in [1.82, 2.24) is 0 Å². The van der Waals surface area contributed by atoms with Gasteiger partial charge >= 0.3 is 0 Å². The molecule has 0 heterocycles. The Kier molecular flexibility index (Phi) is 4.22. The van der Waals surface area contributed by atoms with Gasteiger partial charge in [0.25, 0.3) is 0 Å². The van der Waals surface area contributed by atoms with Crippen molar-refractivity contribution in [3.05, 3.63) is 41.7 Å². The van der Waals surface area contributed by atoms with E-state index >= 15 is 0 Å². The van der Waals surface area contributed by atoms with E-state index in [4.69, 9.17) is 5.53 Å². The number of allylic oxidation sites excluding steroid dienone is 1. The molecule has 0 spiro atoms. The SMILES string of the molecule is Cc1cccc(N/C=C(/CC=O)N=N)c1. The lowest BCUT2D eigenvalue weighted by molar-refractivity contribution is -0.107. The molecule has 78 valence electrons. The largest absolute Gasteiger partial charge is 0.360 e. The first-order valence-electron chi connectivity index (χ1n) is 4.59. The maximum atomic E-state index is 10.2. The van der Waals surface area contributed by atoms with Gasteiger partial charge in [-0.05, 0) is 24.6 Å². The summed E-state index contributed by atoms with van der Waals surface area (Å²) in [4.78, 5) is 10.2. The molecule has 0 fully saturated rings. The highest BCUT2D eigenvalue weighted by atomic mass is 16.1. The van der Waals surface area contributed by atoms with Gasteiger partial charge in [-0.15, -0.1) is 0 Å². The molecule has 4 heteroatoms. The number of aryl methyl sites for hydroxylation is 1. The predicted octanol–water partition coefficient (Wildman–Crippen LogP) is 2.87. The van der Waals surface area contributed by atoms with Crippen molar-refractivity contribution >= 4 is 12.0 Å². The molecule has 0 aromatic heterocycles. The second-order valence-electron chi connectivity index (χ2n) is 3.13. The molecule has 0 amide bonds. The molecule has 0 aliphatic heterocycles. The maximum absolute atomic E-state index is 10.2. The fourth-order valence-electron chi connectivity index (χ4n) is 1.12. The van der Waals surface area contributed by atoms with Crippen LogP contribution in [0.5, 0.6) is 0 Å². The summed E-state index contributed by atoms with van der Waals surface area (Å²) in [6.07, 6.45) is 2.44. The number of hydrogen-bond donors (Lipinski definition) is 2. The minimum Gasteiger partial charge on any atom is -0.360 e. The Hall–Kier alpha value is -1.97. The molecule has 0 aliphatic carbocycles. The van der Waals surface area contributed by atoms with E-state index in [1.807, 2.05) is 31.2 Å². The zero-order chi connectivity index (χ0) is 11.1. The third kappa shape index (κ3) is 3.72. The third-order valence-corrected chi connectivity index (χ3v) is 1.86. The number of aldehydes is 1. The van der Waals surface area contributed by atoms with E-state index in [0.717, 1.165) is 17.5 Å². The van der Waals surface area contributed by atoms with E-state index in [1.54, 1.807) is 6.20 Å². The number of hydrogen-bond acceptors (Lipinski definition) is 4. The second kappa shape index (κ2) is 5.70. The Bertz CT molecular complexity index is 385. The van der Waals surface area contributed by atoms with Crippen LogP contribution in [0.4, 0.5) is 5.69 Å². The zero-order valence-corrected chi connectivity index (χ0v) is 8.53. The van der Waals surface area contributed by atoms with Gasteiger partial charge in [-0.25, -0.2) is 5.53 Å². The first kappa shape index (κ1) is 11.1. The highest BCUT2D eigenvalue weighted by Gasteiger charge is 1.93. The van der Waals surface area contributed by atoms with E-state index in [1.165, 1.54) is 0 Å². The van der Waals surface area contributed by atoms with Gasteiger partial charge in [0.1, 0.15) is 6.29 Å². The fourth-order valence-corrected chi connectivity index (χ4v) is 1.12. The molecular weight excluding hydrogens is 190 g/mol. The molecule has 2 N–H and O–H groups in total. The van der Waals surface area contributed by atoms with Crippen molar-refractivity contribution in [2.45, 2.75) is 13.3 Å². The molecule has 0 bridgehead atoms. The monoisotopic (exact) mass is 203 g/mol. The standard InChI is InChI=1S/C11H13N3O/c1-9-3-2-4-10(7-9)13-8-11(14-12)5-6-15/h2-4,6-8,12-13H,5H2,1H3/b11-8-,14-12?. The van der Waals surface area contributed by atoms with Gasteiger partial charge in [0, 0.05) is 18.3 Å². The van der Waals surface area contributed by atoms with Crippen molar-refractivity contribution in [3.63, 3.8) is 0 Å². The lowest BCUT2D eigenvalue weighted by Crippen LogP contribution is -1.91. The number of rotatable bonds is 5. The van der Waals surface area contributed by atoms with Crippen molar-refractivity contribution in [2.75, 3.05) is 5.32 Å². The number of nitrogens with zero attached hydrogens (tertiary/aromatic N) is 1. The third-order valence-electron chi connectivity index (χ3n) is 1.86. The average Bonchev–Trinajstić information content (AvgIpc) is 2.24. The summed E-state index contributed by atoms with van der Waals surface area (Å²) in [5.74, 6) is 0. The Morgan fingerprint density at radius 1 is 1.60 bits per heavy atom. The first-order chi connectivity index (χ1) is 7.26. The molecule has 1 rings (SSSR count). The van der Waals surface area contributed by atoms with Crippen LogP contribution in [-0.4, -0.2) is 6.29 Å². The van der Waals surface area contributed by atoms with Crippen LogP contribution in [0.3, 0.4) is 0 Å². The molecule has 15 heavy (non-hydrogen) atoms. The highest BCUT2D eigenvalue weighted by molar-refractivity contribution is 5.55. The molecule has 0 aliphatic rings. The zero-order valence-electron chi connectivity index (χ0n) is 8.53. The van der Waals surface area contributed by atoms with E-state index in [9.17, 15) is 4.79 Å². The summed E-state index contributed by atoms with van der Waals surface area (Å²) >= 11 is 0. The summed E-state index contributed by atoms with van der Waals surface area (Å²) < 4.78 is 0. The van der Waals surface area contributed by atoms with E-state index in [0.29, 0.717) is 5.70 Å². The molecule has 1 aromatic carbocycles. The van der Waals surface area contributed by atoms with Crippen LogP contribution < -0.4 is 5.32 Å². The van der Waals surface area contributed by atoms with Gasteiger partial charge in [0.2, 0.25) is 0 Å². The normalized spacial score (nSPS) is 10.9. The minimum absolute atomic E-state index is 0.155. The molecule has 0 radical (unpaired) electrons. The van der Waals surface area contributed by atoms with Gasteiger partial charge in [0.05, 0.1) is 5.70 Å². The number of benzene rings is 1. The number of nitrogens with one attached hydrogen (secondary N) is 2. The van der Waals surface area contributed by atoms with Crippen LogP contribution >= 0.6 is 0 Å². The van der Waals surface area contributed by atoms with Crippen molar-refractivity contribution in [1.29, 1.82) is 5.53 Å². The molecule has 0 unspecified atom stereocenters. The van der Waals surface area contributed by atoms with Crippen molar-refractivity contribution in [3.8, 4) is 0 Å². The summed E-state index contributed by atoms with van der Waals surface area (Å²) in [5.41, 5.74) is 9.30. The number of anilines is 1. The Balaban J connectivity index is 2.69. The number of carbonyl (C=O) groups excluding carboxylic acids is 1. The Morgan fingerprint density at radius 2 is 2.40 bits per heavy atom. The smallest absolute Gasteiger partial charge is 0.126 e. The summed E-state index contributed by atoms with van der Waals surface area (Å²) in [5, 5.41) is 6.22. The fraction of sp³-hybridized carbons (Fsp3) is 0.182. The summed E-state index contributed by atoms with van der Waals surface area (Å²) in [6, 6.07) is 7.81. The quantitative estimate of drug-likeness (QED) is 0.570.